The van der Waals surface area contributed by atoms with Crippen molar-refractivity contribution in [2.24, 2.45) is 5.92 Å². The molecular weight excluding hydrogens is 429 g/mol. The fourth-order valence-electron chi connectivity index (χ4n) is 4.65. The number of hydrogen-bond acceptors (Lipinski definition) is 2. The van der Waals surface area contributed by atoms with E-state index in [1.54, 1.807) is 14.3 Å². The molecule has 1 aliphatic rings. The molecule has 0 saturated heterocycles. The molecule has 0 radical (unpaired) electrons. The van der Waals surface area contributed by atoms with Crippen molar-refractivity contribution < 1.29 is 0 Å². The molecule has 4 heteroatoms. The Morgan fingerprint density at radius 1 is 1.00 bits per heavy atom. The number of hydrogen-bond donors (Lipinski definition) is 0. The van der Waals surface area contributed by atoms with Crippen LogP contribution in [0.15, 0.2) is 12.1 Å². The molecule has 0 spiro atoms. The van der Waals surface area contributed by atoms with Gasteiger partial charge in [-0.25, -0.2) is 0 Å². The van der Waals surface area contributed by atoms with E-state index in [0.29, 0.717) is 0 Å². The summed E-state index contributed by atoms with van der Waals surface area (Å²) in [6.07, 6.45) is 5.56. The van der Waals surface area contributed by atoms with Gasteiger partial charge in [-0.3, -0.25) is 0 Å². The molecule has 1 aliphatic heterocycles. The van der Waals surface area contributed by atoms with Crippen LogP contribution in [0.4, 0.5) is 0 Å². The van der Waals surface area contributed by atoms with Crippen molar-refractivity contribution in [2.75, 3.05) is 0 Å². The van der Waals surface area contributed by atoms with E-state index in [1.807, 2.05) is 8.79 Å². The molecule has 0 saturated carbocycles. The van der Waals surface area contributed by atoms with Gasteiger partial charge in [0.2, 0.25) is 0 Å². The summed E-state index contributed by atoms with van der Waals surface area (Å²) in [6.45, 7) is 17.2. The van der Waals surface area contributed by atoms with Gasteiger partial charge in [0.05, 0.1) is 0 Å². The van der Waals surface area contributed by atoms with Crippen LogP contribution in [0.25, 0.3) is 9.75 Å². The van der Waals surface area contributed by atoms with E-state index in [2.05, 4.69) is 82.1 Å². The normalized spacial score (nSPS) is 20.3. The Morgan fingerprint density at radius 2 is 1.65 bits per heavy atom. The summed E-state index contributed by atoms with van der Waals surface area (Å²) in [5, 5.41) is 2.96. The molecular formula is C22H36GeS2Si. The maximum atomic E-state index is 2.73. The Hall–Kier alpha value is 0.160. The van der Waals surface area contributed by atoms with E-state index in [4.69, 9.17) is 0 Å². The summed E-state index contributed by atoms with van der Waals surface area (Å²) in [6, 6.07) is 5.33. The van der Waals surface area contributed by atoms with Gasteiger partial charge in [0, 0.05) is 0 Å². The molecule has 2 aromatic rings. The van der Waals surface area contributed by atoms with E-state index in [-0.39, 0.29) is 0 Å². The average Bonchev–Trinajstić information content (AvgIpc) is 3.23. The number of aryl methyl sites for hydroxylation is 1. The number of fused-ring (bicyclic) bond motifs is 3. The van der Waals surface area contributed by atoms with Crippen molar-refractivity contribution in [1.29, 1.82) is 0 Å². The average molecular weight is 465 g/mol. The predicted octanol–water partition coefficient (Wildman–Crippen LogP) is 6.44. The molecule has 0 amide bonds. The van der Waals surface area contributed by atoms with Gasteiger partial charge in [-0.1, -0.05) is 0 Å². The Bertz CT molecular complexity index is 768. The summed E-state index contributed by atoms with van der Waals surface area (Å²) in [5.74, 6) is 0.934. The van der Waals surface area contributed by atoms with Crippen molar-refractivity contribution in [2.45, 2.75) is 83.5 Å². The Balaban J connectivity index is 2.11. The first-order chi connectivity index (χ1) is 12.3. The maximum absolute atomic E-state index is 2.73. The number of thiophene rings is 2. The molecule has 26 heavy (non-hydrogen) atoms. The van der Waals surface area contributed by atoms with Crippen molar-refractivity contribution in [3.63, 3.8) is 0 Å². The summed E-state index contributed by atoms with van der Waals surface area (Å²) in [4.78, 5) is 4.94. The van der Waals surface area contributed by atoms with Gasteiger partial charge in [-0.15, -0.1) is 0 Å². The van der Waals surface area contributed by atoms with E-state index >= 15 is 0 Å². The van der Waals surface area contributed by atoms with E-state index in [0.717, 1.165) is 5.92 Å². The van der Waals surface area contributed by atoms with Crippen molar-refractivity contribution in [3.8, 4) is 9.75 Å². The Kier molecular flexibility index (Phi) is 6.33. The zero-order valence-corrected chi connectivity index (χ0v) is 22.5. The Labute approximate surface area is 172 Å². The molecule has 0 bridgehead atoms. The Morgan fingerprint density at radius 3 is 2.23 bits per heavy atom. The van der Waals surface area contributed by atoms with Crippen molar-refractivity contribution >= 4 is 57.3 Å². The van der Waals surface area contributed by atoms with Gasteiger partial charge < -0.3 is 0 Å². The first kappa shape index (κ1) is 20.9. The molecule has 2 unspecified atom stereocenters. The van der Waals surface area contributed by atoms with Crippen LogP contribution in [0.2, 0.25) is 30.1 Å². The van der Waals surface area contributed by atoms with Crippen LogP contribution < -0.4 is 13.3 Å². The molecule has 0 nitrogen and oxygen atoms in total. The van der Waals surface area contributed by atoms with Crippen LogP contribution in [0.5, 0.6) is 0 Å². The van der Waals surface area contributed by atoms with Gasteiger partial charge in [0.1, 0.15) is 0 Å². The van der Waals surface area contributed by atoms with Gasteiger partial charge in [-0.2, -0.15) is 0 Å². The fraction of sp³-hybridized carbons (Fsp3) is 0.636. The van der Waals surface area contributed by atoms with Crippen LogP contribution in [0.3, 0.4) is 0 Å². The predicted molar refractivity (Wildman–Crippen MR) is 129 cm³/mol. The van der Waals surface area contributed by atoms with Crippen LogP contribution in [-0.4, -0.2) is 21.3 Å². The number of unbranched alkanes of at least 4 members (excludes halogenated alkanes) is 1. The van der Waals surface area contributed by atoms with E-state index in [1.165, 1.54) is 41.1 Å². The molecule has 2 aromatic heterocycles. The minimum atomic E-state index is -2.22. The zero-order valence-electron chi connectivity index (χ0n) is 17.8. The third-order valence-electron chi connectivity index (χ3n) is 6.35. The van der Waals surface area contributed by atoms with Crippen LogP contribution in [-0.2, 0) is 0 Å². The second-order valence-electron chi connectivity index (χ2n) is 9.26. The summed E-state index contributed by atoms with van der Waals surface area (Å²) in [7, 11) is -1.23. The van der Waals surface area contributed by atoms with E-state index in [9.17, 15) is 0 Å². The monoisotopic (exact) mass is 466 g/mol. The summed E-state index contributed by atoms with van der Waals surface area (Å²) >= 11 is 2.04. The van der Waals surface area contributed by atoms with Crippen molar-refractivity contribution in [3.05, 3.63) is 17.0 Å². The second kappa shape index (κ2) is 7.88. The SMILES string of the molecule is CCCCC(CC)[CH2][Ge]1([CH2]C)[c]2cc(C)sc2-c2sc([Si](C)(C)C)c[c]21. The van der Waals surface area contributed by atoms with Crippen LogP contribution >= 0.6 is 22.7 Å². The molecule has 0 aromatic carbocycles. The molecule has 0 fully saturated rings. The van der Waals surface area contributed by atoms with Crippen LogP contribution in [0, 0.1) is 12.8 Å². The zero-order chi connectivity index (χ0) is 19.1. The standard InChI is InChI=1S/C22H36GeS2Si/c1-8-11-12-17(9-2)15-23(10-3)18-13-16(4)24-21(18)22-19(23)14-20(25-22)26(5,6)7/h13-14,17H,8-12,15H2,1-7H3. The van der Waals surface area contributed by atoms with Gasteiger partial charge in [-0.05, 0) is 0 Å². The molecule has 0 N–H and O–H groups in total. The fourth-order valence-corrected chi connectivity index (χ4v) is 23.5. The third kappa shape index (κ3) is 3.58. The summed E-state index contributed by atoms with van der Waals surface area (Å²) in [5.41, 5.74) is 0. The molecule has 3 rings (SSSR count). The van der Waals surface area contributed by atoms with Gasteiger partial charge in [0.15, 0.2) is 0 Å². The molecule has 144 valence electrons. The van der Waals surface area contributed by atoms with E-state index < -0.39 is 21.3 Å². The second-order valence-corrected chi connectivity index (χ2v) is 26.1. The third-order valence-corrected chi connectivity index (χ3v) is 24.2. The number of rotatable bonds is 8. The quantitative estimate of drug-likeness (QED) is 0.394. The van der Waals surface area contributed by atoms with Crippen molar-refractivity contribution in [1.82, 2.24) is 0 Å². The van der Waals surface area contributed by atoms with Crippen LogP contribution in [0.1, 0.15) is 51.3 Å². The first-order valence-corrected chi connectivity index (χ1v) is 20.7. The first-order valence-electron chi connectivity index (χ1n) is 10.5. The van der Waals surface area contributed by atoms with Gasteiger partial charge >= 0.3 is 174 Å². The summed E-state index contributed by atoms with van der Waals surface area (Å²) < 4.78 is 5.48. The minimum absolute atomic E-state index is 0.934. The molecule has 0 aliphatic carbocycles. The molecule has 2 atom stereocenters. The van der Waals surface area contributed by atoms with Gasteiger partial charge in [0.25, 0.3) is 0 Å². The molecule has 3 heterocycles. The topological polar surface area (TPSA) is 0 Å².